The van der Waals surface area contributed by atoms with Crippen LogP contribution in [0.2, 0.25) is 0 Å². The van der Waals surface area contributed by atoms with E-state index in [1.807, 2.05) is 42.5 Å². The number of rotatable bonds is 5. The Morgan fingerprint density at radius 3 is 2.44 bits per heavy atom. The van der Waals surface area contributed by atoms with Gasteiger partial charge in [0.05, 0.1) is 11.9 Å². The largest absolute Gasteiger partial charge is 0.321 e. The smallest absolute Gasteiger partial charge is 0.255 e. The molecule has 0 aliphatic carbocycles. The van der Waals surface area contributed by atoms with Crippen LogP contribution in [0.1, 0.15) is 15.9 Å². The van der Waals surface area contributed by atoms with Crippen LogP contribution in [0.25, 0.3) is 0 Å². The van der Waals surface area contributed by atoms with E-state index in [1.165, 1.54) is 10.6 Å². The van der Waals surface area contributed by atoms with E-state index < -0.39 is 10.0 Å². The molecule has 2 aromatic carbocycles. The fourth-order valence-corrected chi connectivity index (χ4v) is 4.26. The third kappa shape index (κ3) is 5.38. The van der Waals surface area contributed by atoms with Gasteiger partial charge in [0, 0.05) is 42.8 Å². The molecule has 3 rings (SSSR count). The van der Waals surface area contributed by atoms with Gasteiger partial charge in [0.15, 0.2) is 0 Å². The Bertz CT molecular complexity index is 925. The molecule has 0 saturated carbocycles. The summed E-state index contributed by atoms with van der Waals surface area (Å²) < 4.78 is 25.5. The quantitative estimate of drug-likeness (QED) is 0.758. The van der Waals surface area contributed by atoms with E-state index in [0.717, 1.165) is 15.7 Å². The molecule has 2 aromatic rings. The lowest BCUT2D eigenvalue weighted by atomic mass is 10.1. The summed E-state index contributed by atoms with van der Waals surface area (Å²) >= 11 is 3.43. The van der Waals surface area contributed by atoms with Gasteiger partial charge in [-0.05, 0) is 45.8 Å². The second kappa shape index (κ2) is 8.52. The summed E-state index contributed by atoms with van der Waals surface area (Å²) in [7, 11) is -3.12. The van der Waals surface area contributed by atoms with E-state index in [4.69, 9.17) is 0 Å². The molecule has 1 amide bonds. The van der Waals surface area contributed by atoms with Crippen LogP contribution in [-0.2, 0) is 16.6 Å². The average Bonchev–Trinajstić information content (AvgIpc) is 2.63. The Kier molecular flexibility index (Phi) is 6.31. The average molecular weight is 452 g/mol. The number of para-hydroxylation sites is 1. The maximum Gasteiger partial charge on any atom is 0.255 e. The molecule has 1 fully saturated rings. The lowest BCUT2D eigenvalue weighted by molar-refractivity contribution is 0.102. The molecule has 144 valence electrons. The number of nitrogens with one attached hydrogen (secondary N) is 1. The van der Waals surface area contributed by atoms with E-state index in [-0.39, 0.29) is 5.91 Å². The van der Waals surface area contributed by atoms with Gasteiger partial charge in [0.1, 0.15) is 0 Å². The first kappa shape index (κ1) is 20.0. The first-order valence-corrected chi connectivity index (χ1v) is 11.3. The van der Waals surface area contributed by atoms with Gasteiger partial charge in [-0.15, -0.1) is 0 Å². The maximum atomic E-state index is 12.5. The molecule has 0 unspecified atom stereocenters. The van der Waals surface area contributed by atoms with Gasteiger partial charge < -0.3 is 5.32 Å². The lowest BCUT2D eigenvalue weighted by Crippen LogP contribution is -2.47. The Hall–Kier alpha value is -1.74. The van der Waals surface area contributed by atoms with Gasteiger partial charge in [-0.3, -0.25) is 9.69 Å². The molecule has 8 heteroatoms. The minimum Gasteiger partial charge on any atom is -0.321 e. The molecular weight excluding hydrogens is 430 g/mol. The van der Waals surface area contributed by atoms with Crippen molar-refractivity contribution in [1.29, 1.82) is 0 Å². The Balaban J connectivity index is 1.62. The second-order valence-electron chi connectivity index (χ2n) is 6.57. The number of piperazine rings is 1. The van der Waals surface area contributed by atoms with Crippen LogP contribution in [0.4, 0.5) is 5.69 Å². The Labute approximate surface area is 168 Å². The zero-order valence-electron chi connectivity index (χ0n) is 15.1. The summed E-state index contributed by atoms with van der Waals surface area (Å²) in [6.45, 7) is 3.05. The highest BCUT2D eigenvalue weighted by molar-refractivity contribution is 9.10. The predicted molar refractivity (Wildman–Crippen MR) is 110 cm³/mol. The molecule has 0 radical (unpaired) electrons. The van der Waals surface area contributed by atoms with Crippen LogP contribution in [-0.4, -0.2) is 56.0 Å². The SMILES string of the molecule is CS(=O)(=O)N1CCN(Cc2cccc(C(=O)Nc3ccccc3Br)c2)CC1. The molecular formula is C19H22BrN3O3S. The molecule has 6 nitrogen and oxygen atoms in total. The zero-order chi connectivity index (χ0) is 19.4. The van der Waals surface area contributed by atoms with Crippen molar-refractivity contribution in [1.82, 2.24) is 9.21 Å². The monoisotopic (exact) mass is 451 g/mol. The minimum absolute atomic E-state index is 0.161. The summed E-state index contributed by atoms with van der Waals surface area (Å²) in [5.41, 5.74) is 2.35. The van der Waals surface area contributed by atoms with Crippen LogP contribution in [0.5, 0.6) is 0 Å². The maximum absolute atomic E-state index is 12.5. The van der Waals surface area contributed by atoms with E-state index in [0.29, 0.717) is 38.3 Å². The molecule has 1 heterocycles. The van der Waals surface area contributed by atoms with Crippen molar-refractivity contribution < 1.29 is 13.2 Å². The fraction of sp³-hybridized carbons (Fsp3) is 0.316. The zero-order valence-corrected chi connectivity index (χ0v) is 17.5. The van der Waals surface area contributed by atoms with Gasteiger partial charge in [-0.1, -0.05) is 24.3 Å². The highest BCUT2D eigenvalue weighted by Gasteiger charge is 2.23. The number of nitrogens with zero attached hydrogens (tertiary/aromatic N) is 2. The van der Waals surface area contributed by atoms with Gasteiger partial charge in [-0.25, -0.2) is 8.42 Å². The molecule has 0 spiro atoms. The first-order chi connectivity index (χ1) is 12.8. The number of anilines is 1. The van der Waals surface area contributed by atoms with Crippen LogP contribution in [0, 0.1) is 0 Å². The predicted octanol–water partition coefficient (Wildman–Crippen LogP) is 2.78. The third-order valence-corrected chi connectivity index (χ3v) is 6.51. The summed E-state index contributed by atoms with van der Waals surface area (Å²) in [6.07, 6.45) is 1.25. The summed E-state index contributed by atoms with van der Waals surface area (Å²) in [5.74, 6) is -0.161. The number of carbonyl (C=O) groups excluding carboxylic acids is 1. The number of amides is 1. The number of carbonyl (C=O) groups is 1. The molecule has 27 heavy (non-hydrogen) atoms. The third-order valence-electron chi connectivity index (χ3n) is 4.52. The normalized spacial score (nSPS) is 16.2. The van der Waals surface area contributed by atoms with Crippen molar-refractivity contribution in [3.05, 3.63) is 64.1 Å². The molecule has 1 aliphatic heterocycles. The van der Waals surface area contributed by atoms with Crippen molar-refractivity contribution in [2.75, 3.05) is 37.8 Å². The van der Waals surface area contributed by atoms with E-state index in [1.54, 1.807) is 6.07 Å². The minimum atomic E-state index is -3.12. The number of hydrogen-bond acceptors (Lipinski definition) is 4. The second-order valence-corrected chi connectivity index (χ2v) is 9.41. The van der Waals surface area contributed by atoms with Crippen LogP contribution in [0.3, 0.4) is 0 Å². The lowest BCUT2D eigenvalue weighted by Gasteiger charge is -2.33. The number of benzene rings is 2. The summed E-state index contributed by atoms with van der Waals surface area (Å²) in [6, 6.07) is 15.0. The van der Waals surface area contributed by atoms with Gasteiger partial charge in [0.2, 0.25) is 10.0 Å². The highest BCUT2D eigenvalue weighted by Crippen LogP contribution is 2.22. The first-order valence-electron chi connectivity index (χ1n) is 8.65. The van der Waals surface area contributed by atoms with Crippen LogP contribution < -0.4 is 5.32 Å². The van der Waals surface area contributed by atoms with Gasteiger partial charge >= 0.3 is 0 Å². The molecule has 1 aliphatic rings. The van der Waals surface area contributed by atoms with Crippen molar-refractivity contribution in [2.45, 2.75) is 6.54 Å². The summed E-state index contributed by atoms with van der Waals surface area (Å²) in [4.78, 5) is 14.7. The molecule has 0 aromatic heterocycles. The topological polar surface area (TPSA) is 69.7 Å². The van der Waals surface area contributed by atoms with Crippen LogP contribution >= 0.6 is 15.9 Å². The fourth-order valence-electron chi connectivity index (χ4n) is 3.05. The van der Waals surface area contributed by atoms with Crippen molar-refractivity contribution in [3.63, 3.8) is 0 Å². The molecule has 1 saturated heterocycles. The van der Waals surface area contributed by atoms with E-state index in [2.05, 4.69) is 26.1 Å². The highest BCUT2D eigenvalue weighted by atomic mass is 79.9. The van der Waals surface area contributed by atoms with Crippen LogP contribution in [0.15, 0.2) is 53.0 Å². The Morgan fingerprint density at radius 1 is 1.07 bits per heavy atom. The number of sulfonamides is 1. The standard InChI is InChI=1S/C19H22BrN3O3S/c1-27(25,26)23-11-9-22(10-12-23)14-15-5-4-6-16(13-15)19(24)21-18-8-3-2-7-17(18)20/h2-8,13H,9-12,14H2,1H3,(H,21,24). The molecule has 0 bridgehead atoms. The van der Waals surface area contributed by atoms with Gasteiger partial charge in [0.25, 0.3) is 5.91 Å². The van der Waals surface area contributed by atoms with E-state index >= 15 is 0 Å². The molecule has 1 N–H and O–H groups in total. The van der Waals surface area contributed by atoms with Crippen molar-refractivity contribution in [3.8, 4) is 0 Å². The van der Waals surface area contributed by atoms with Crippen molar-refractivity contribution in [2.24, 2.45) is 0 Å². The van der Waals surface area contributed by atoms with Gasteiger partial charge in [-0.2, -0.15) is 4.31 Å². The Morgan fingerprint density at radius 2 is 1.78 bits per heavy atom. The number of halogens is 1. The van der Waals surface area contributed by atoms with Crippen molar-refractivity contribution >= 4 is 37.5 Å². The number of hydrogen-bond donors (Lipinski definition) is 1. The van der Waals surface area contributed by atoms with E-state index in [9.17, 15) is 13.2 Å². The summed E-state index contributed by atoms with van der Waals surface area (Å²) in [5, 5.41) is 2.91. The molecule has 0 atom stereocenters.